The number of carbonyl (C=O) groups is 1. The first-order valence-electron chi connectivity index (χ1n) is 11.7. The first kappa shape index (κ1) is 22.9. The molecule has 1 aliphatic rings. The van der Waals surface area contributed by atoms with E-state index in [4.69, 9.17) is 4.74 Å². The lowest BCUT2D eigenvalue weighted by Crippen LogP contribution is -2.33. The molecule has 4 rings (SSSR count). The van der Waals surface area contributed by atoms with Gasteiger partial charge in [0.1, 0.15) is 5.75 Å². The van der Waals surface area contributed by atoms with E-state index < -0.39 is 0 Å². The third-order valence-electron chi connectivity index (χ3n) is 6.03. The summed E-state index contributed by atoms with van der Waals surface area (Å²) in [4.78, 5) is 24.6. The van der Waals surface area contributed by atoms with Crippen LogP contribution in [0, 0.1) is 0 Å². The Kier molecular flexibility index (Phi) is 8.04. The molecule has 0 unspecified atom stereocenters. The average molecular weight is 445 g/mol. The Balaban J connectivity index is 1.30. The third-order valence-corrected chi connectivity index (χ3v) is 6.03. The van der Waals surface area contributed by atoms with E-state index in [1.165, 1.54) is 16.7 Å². The number of aryl methyl sites for hydroxylation is 1. The van der Waals surface area contributed by atoms with Crippen LogP contribution in [-0.4, -0.2) is 47.0 Å². The first-order valence-corrected chi connectivity index (χ1v) is 11.7. The van der Waals surface area contributed by atoms with E-state index in [0.29, 0.717) is 6.61 Å². The summed E-state index contributed by atoms with van der Waals surface area (Å²) in [5.74, 6) is 0.986. The molecule has 3 aromatic rings. The molecule has 0 aliphatic carbocycles. The molecule has 172 valence electrons. The Bertz CT molecular complexity index is 1030. The lowest BCUT2D eigenvalue weighted by atomic mass is 10.0. The quantitative estimate of drug-likeness (QED) is 0.437. The number of amides is 1. The standard InChI is InChI=1S/C27H32N4O2/c1-22(32)31-16-3-6-25-19-26(7-8-27(25)31)33-18-4-15-30(21-24-9-13-28-14-10-24)17-11-23-5-2-12-29-20-23/h2,5,7-10,12-14,19-20H,3-4,6,11,15-18,21H2,1H3. The Morgan fingerprint density at radius 2 is 1.94 bits per heavy atom. The maximum atomic E-state index is 11.9. The van der Waals surface area contributed by atoms with E-state index in [0.717, 1.165) is 63.3 Å². The van der Waals surface area contributed by atoms with Crippen molar-refractivity contribution in [3.05, 3.63) is 83.9 Å². The van der Waals surface area contributed by atoms with Gasteiger partial charge in [-0.25, -0.2) is 0 Å². The number of hydrogen-bond acceptors (Lipinski definition) is 5. The van der Waals surface area contributed by atoms with Gasteiger partial charge in [-0.2, -0.15) is 0 Å². The van der Waals surface area contributed by atoms with Crippen molar-refractivity contribution in [3.8, 4) is 5.75 Å². The number of carbonyl (C=O) groups excluding carboxylic acids is 1. The van der Waals surface area contributed by atoms with E-state index in [1.807, 2.05) is 47.9 Å². The van der Waals surface area contributed by atoms with Crippen molar-refractivity contribution in [1.82, 2.24) is 14.9 Å². The number of ether oxygens (including phenoxy) is 1. The van der Waals surface area contributed by atoms with Crippen LogP contribution in [0.5, 0.6) is 5.75 Å². The number of nitrogens with zero attached hydrogens (tertiary/aromatic N) is 4. The largest absolute Gasteiger partial charge is 0.494 e. The van der Waals surface area contributed by atoms with Gasteiger partial charge in [-0.3, -0.25) is 19.7 Å². The van der Waals surface area contributed by atoms with Gasteiger partial charge in [0, 0.05) is 63.6 Å². The van der Waals surface area contributed by atoms with Crippen molar-refractivity contribution in [1.29, 1.82) is 0 Å². The molecule has 6 heteroatoms. The van der Waals surface area contributed by atoms with Crippen LogP contribution in [0.3, 0.4) is 0 Å². The first-order chi connectivity index (χ1) is 16.2. The molecular formula is C27H32N4O2. The Morgan fingerprint density at radius 1 is 1.06 bits per heavy atom. The van der Waals surface area contributed by atoms with Gasteiger partial charge in [0.05, 0.1) is 6.61 Å². The zero-order valence-corrected chi connectivity index (χ0v) is 19.3. The Labute approximate surface area is 196 Å². The van der Waals surface area contributed by atoms with Gasteiger partial charge in [0.15, 0.2) is 0 Å². The van der Waals surface area contributed by atoms with Crippen LogP contribution in [0.15, 0.2) is 67.3 Å². The molecule has 6 nitrogen and oxygen atoms in total. The molecule has 1 aliphatic heterocycles. The molecule has 0 bridgehead atoms. The highest BCUT2D eigenvalue weighted by Gasteiger charge is 2.20. The number of rotatable bonds is 10. The monoisotopic (exact) mass is 444 g/mol. The van der Waals surface area contributed by atoms with Crippen LogP contribution in [0.4, 0.5) is 5.69 Å². The van der Waals surface area contributed by atoms with E-state index in [1.54, 1.807) is 6.92 Å². The highest BCUT2D eigenvalue weighted by Crippen LogP contribution is 2.30. The van der Waals surface area contributed by atoms with Crippen molar-refractivity contribution in [3.63, 3.8) is 0 Å². The second kappa shape index (κ2) is 11.6. The summed E-state index contributed by atoms with van der Waals surface area (Å²) in [5.41, 5.74) is 4.74. The highest BCUT2D eigenvalue weighted by molar-refractivity contribution is 5.92. The molecule has 1 amide bonds. The molecule has 0 saturated heterocycles. The van der Waals surface area contributed by atoms with Gasteiger partial charge in [-0.15, -0.1) is 0 Å². The molecule has 2 aromatic heterocycles. The fraction of sp³-hybridized carbons (Fsp3) is 0.370. The molecule has 0 fully saturated rings. The van der Waals surface area contributed by atoms with Gasteiger partial charge in [0.25, 0.3) is 0 Å². The van der Waals surface area contributed by atoms with Crippen LogP contribution < -0.4 is 9.64 Å². The third kappa shape index (κ3) is 6.62. The second-order valence-corrected chi connectivity index (χ2v) is 8.51. The molecule has 0 atom stereocenters. The SMILES string of the molecule is CC(=O)N1CCCc2cc(OCCCN(CCc3cccnc3)Cc3ccncc3)ccc21. The summed E-state index contributed by atoms with van der Waals surface area (Å²) in [6, 6.07) is 14.4. The Hall–Kier alpha value is -3.25. The van der Waals surface area contributed by atoms with Crippen LogP contribution in [0.1, 0.15) is 36.5 Å². The summed E-state index contributed by atoms with van der Waals surface area (Å²) >= 11 is 0. The number of anilines is 1. The minimum Gasteiger partial charge on any atom is -0.494 e. The zero-order valence-electron chi connectivity index (χ0n) is 19.3. The number of aromatic nitrogens is 2. The van der Waals surface area contributed by atoms with Crippen molar-refractivity contribution in [2.75, 3.05) is 31.1 Å². The van der Waals surface area contributed by atoms with E-state index in [9.17, 15) is 4.79 Å². The minimum absolute atomic E-state index is 0.102. The van der Waals surface area contributed by atoms with E-state index in [2.05, 4.69) is 39.1 Å². The van der Waals surface area contributed by atoms with Crippen molar-refractivity contribution < 1.29 is 9.53 Å². The van der Waals surface area contributed by atoms with Crippen molar-refractivity contribution >= 4 is 11.6 Å². The molecule has 0 N–H and O–H groups in total. The van der Waals surface area contributed by atoms with Crippen LogP contribution in [0.2, 0.25) is 0 Å². The molecular weight excluding hydrogens is 412 g/mol. The number of hydrogen-bond donors (Lipinski definition) is 0. The normalized spacial score (nSPS) is 13.1. The summed E-state index contributed by atoms with van der Waals surface area (Å²) in [7, 11) is 0. The van der Waals surface area contributed by atoms with Gasteiger partial charge < -0.3 is 9.64 Å². The molecule has 0 spiro atoms. The smallest absolute Gasteiger partial charge is 0.223 e. The Morgan fingerprint density at radius 3 is 2.73 bits per heavy atom. The lowest BCUT2D eigenvalue weighted by molar-refractivity contribution is -0.116. The van der Waals surface area contributed by atoms with E-state index in [-0.39, 0.29) is 5.91 Å². The van der Waals surface area contributed by atoms with E-state index >= 15 is 0 Å². The zero-order chi connectivity index (χ0) is 22.9. The maximum absolute atomic E-state index is 11.9. The molecule has 0 saturated carbocycles. The fourth-order valence-corrected chi connectivity index (χ4v) is 4.32. The molecule has 3 heterocycles. The van der Waals surface area contributed by atoms with Crippen LogP contribution in [-0.2, 0) is 24.2 Å². The predicted molar refractivity (Wildman–Crippen MR) is 130 cm³/mol. The summed E-state index contributed by atoms with van der Waals surface area (Å²) < 4.78 is 6.08. The van der Waals surface area contributed by atoms with Crippen molar-refractivity contribution in [2.45, 2.75) is 39.2 Å². The second-order valence-electron chi connectivity index (χ2n) is 8.51. The summed E-state index contributed by atoms with van der Waals surface area (Å²) in [5, 5.41) is 0. The molecule has 1 aromatic carbocycles. The number of pyridine rings is 2. The molecule has 33 heavy (non-hydrogen) atoms. The average Bonchev–Trinajstić information content (AvgIpc) is 2.85. The highest BCUT2D eigenvalue weighted by atomic mass is 16.5. The maximum Gasteiger partial charge on any atom is 0.223 e. The van der Waals surface area contributed by atoms with Gasteiger partial charge in [-0.05, 0) is 78.8 Å². The van der Waals surface area contributed by atoms with Gasteiger partial charge in [0.2, 0.25) is 5.91 Å². The lowest BCUT2D eigenvalue weighted by Gasteiger charge is -2.29. The van der Waals surface area contributed by atoms with Crippen molar-refractivity contribution in [2.24, 2.45) is 0 Å². The predicted octanol–water partition coefficient (Wildman–Crippen LogP) is 4.29. The van der Waals surface area contributed by atoms with Gasteiger partial charge >= 0.3 is 0 Å². The van der Waals surface area contributed by atoms with Crippen LogP contribution in [0.25, 0.3) is 0 Å². The molecule has 0 radical (unpaired) electrons. The topological polar surface area (TPSA) is 58.6 Å². The summed E-state index contributed by atoms with van der Waals surface area (Å²) in [6.07, 6.45) is 11.3. The van der Waals surface area contributed by atoms with Gasteiger partial charge in [-0.1, -0.05) is 6.07 Å². The fourth-order valence-electron chi connectivity index (χ4n) is 4.32. The minimum atomic E-state index is 0.102. The number of benzene rings is 1. The number of fused-ring (bicyclic) bond motifs is 1. The summed E-state index contributed by atoms with van der Waals surface area (Å²) in [6.45, 7) is 5.90. The van der Waals surface area contributed by atoms with Crippen LogP contribution >= 0.6 is 0 Å².